The molecule has 25 heavy (non-hydrogen) atoms. The summed E-state index contributed by atoms with van der Waals surface area (Å²) < 4.78 is 8.78. The fourth-order valence-corrected chi connectivity index (χ4v) is 3.80. The molecule has 1 aliphatic rings. The zero-order chi connectivity index (χ0) is 18.1. The Hall–Kier alpha value is -2.09. The molecule has 0 aromatic carbocycles. The summed E-state index contributed by atoms with van der Waals surface area (Å²) in [6.45, 7) is 9.85. The monoisotopic (exact) mass is 349 g/mol. The number of anilines is 1. The number of nitrogens with one attached hydrogen (secondary N) is 1. The van der Waals surface area contributed by atoms with Crippen molar-refractivity contribution in [2.24, 2.45) is 18.9 Å². The smallest absolute Gasteiger partial charge is 0.329 e. The molecule has 0 radical (unpaired) electrons. The Balaban J connectivity index is 2.14. The van der Waals surface area contributed by atoms with E-state index >= 15 is 0 Å². The first-order chi connectivity index (χ1) is 11.9. The van der Waals surface area contributed by atoms with Gasteiger partial charge in [-0.1, -0.05) is 13.8 Å². The van der Waals surface area contributed by atoms with Gasteiger partial charge in [0.2, 0.25) is 5.95 Å². The predicted octanol–water partition coefficient (Wildman–Crippen LogP) is 0.942. The average molecular weight is 349 g/mol. The fourth-order valence-electron chi connectivity index (χ4n) is 3.80. The van der Waals surface area contributed by atoms with Crippen LogP contribution in [0, 0.1) is 11.8 Å². The van der Waals surface area contributed by atoms with Crippen molar-refractivity contribution in [3.63, 3.8) is 0 Å². The van der Waals surface area contributed by atoms with Crippen LogP contribution in [0.4, 0.5) is 5.95 Å². The van der Waals surface area contributed by atoms with Crippen molar-refractivity contribution >= 4 is 17.1 Å². The Labute approximate surface area is 146 Å². The SMILES string of the molecule is CCOCCn1c(N2C[C@H](C)C[C@@H](C)C2)nc2c1c(=O)[nH]c(=O)n2C. The van der Waals surface area contributed by atoms with Crippen LogP contribution in [0.3, 0.4) is 0 Å². The van der Waals surface area contributed by atoms with Gasteiger partial charge in [-0.15, -0.1) is 0 Å². The number of aromatic nitrogens is 4. The molecule has 1 aliphatic heterocycles. The highest BCUT2D eigenvalue weighted by Crippen LogP contribution is 2.27. The molecule has 2 aromatic rings. The van der Waals surface area contributed by atoms with E-state index in [1.54, 1.807) is 7.05 Å². The number of imidazole rings is 1. The molecule has 2 atom stereocenters. The normalized spacial score (nSPS) is 21.2. The number of aryl methyl sites for hydroxylation is 1. The lowest BCUT2D eigenvalue weighted by Gasteiger charge is -2.35. The third-order valence-corrected chi connectivity index (χ3v) is 4.80. The Morgan fingerprint density at radius 3 is 2.56 bits per heavy atom. The Morgan fingerprint density at radius 1 is 1.24 bits per heavy atom. The van der Waals surface area contributed by atoms with Crippen molar-refractivity contribution in [1.29, 1.82) is 0 Å². The standard InChI is InChI=1S/C17H27N5O3/c1-5-25-7-6-22-13-14(20(4)17(24)19-15(13)23)18-16(22)21-9-11(2)8-12(3)10-21/h11-12H,5-10H2,1-4H3,(H,19,23,24)/t11-,12-/m1/s1. The molecule has 0 bridgehead atoms. The molecule has 8 nitrogen and oxygen atoms in total. The zero-order valence-electron chi connectivity index (χ0n) is 15.4. The van der Waals surface area contributed by atoms with Crippen LogP contribution in [0.1, 0.15) is 27.2 Å². The van der Waals surface area contributed by atoms with Gasteiger partial charge in [-0.05, 0) is 25.2 Å². The predicted molar refractivity (Wildman–Crippen MR) is 97.2 cm³/mol. The minimum atomic E-state index is -0.445. The highest BCUT2D eigenvalue weighted by atomic mass is 16.5. The molecule has 0 saturated carbocycles. The third-order valence-electron chi connectivity index (χ3n) is 4.80. The summed E-state index contributed by atoms with van der Waals surface area (Å²) in [6.07, 6.45) is 1.19. The van der Waals surface area contributed by atoms with Crippen molar-refractivity contribution in [1.82, 2.24) is 19.1 Å². The van der Waals surface area contributed by atoms with E-state index in [1.165, 1.54) is 11.0 Å². The summed E-state index contributed by atoms with van der Waals surface area (Å²) in [4.78, 5) is 33.7. The van der Waals surface area contributed by atoms with Crippen molar-refractivity contribution in [2.75, 3.05) is 31.2 Å². The van der Waals surface area contributed by atoms with Crippen molar-refractivity contribution < 1.29 is 4.74 Å². The van der Waals surface area contributed by atoms with E-state index in [0.717, 1.165) is 19.0 Å². The van der Waals surface area contributed by atoms with Gasteiger partial charge in [-0.25, -0.2) is 4.79 Å². The summed E-state index contributed by atoms with van der Waals surface area (Å²) in [5, 5.41) is 0. The van der Waals surface area contributed by atoms with E-state index in [4.69, 9.17) is 4.74 Å². The number of fused-ring (bicyclic) bond motifs is 1. The second kappa shape index (κ2) is 7.03. The van der Waals surface area contributed by atoms with E-state index in [1.807, 2.05) is 11.5 Å². The quantitative estimate of drug-likeness (QED) is 0.812. The molecule has 3 rings (SSSR count). The summed E-state index contributed by atoms with van der Waals surface area (Å²) in [7, 11) is 1.63. The topological polar surface area (TPSA) is 85.2 Å². The highest BCUT2D eigenvalue weighted by Gasteiger charge is 2.27. The van der Waals surface area contributed by atoms with E-state index in [0.29, 0.717) is 42.8 Å². The summed E-state index contributed by atoms with van der Waals surface area (Å²) in [6, 6.07) is 0. The zero-order valence-corrected chi connectivity index (χ0v) is 15.4. The first-order valence-corrected chi connectivity index (χ1v) is 8.94. The molecule has 138 valence electrons. The van der Waals surface area contributed by atoms with Gasteiger partial charge in [0.1, 0.15) is 0 Å². The van der Waals surface area contributed by atoms with Gasteiger partial charge in [-0.3, -0.25) is 14.3 Å². The van der Waals surface area contributed by atoms with E-state index in [9.17, 15) is 9.59 Å². The van der Waals surface area contributed by atoms with Gasteiger partial charge in [-0.2, -0.15) is 4.98 Å². The van der Waals surface area contributed by atoms with Crippen molar-refractivity contribution in [3.05, 3.63) is 20.8 Å². The maximum Gasteiger partial charge on any atom is 0.329 e. The summed E-state index contributed by atoms with van der Waals surface area (Å²) >= 11 is 0. The van der Waals surface area contributed by atoms with Gasteiger partial charge < -0.3 is 14.2 Å². The number of hydrogen-bond acceptors (Lipinski definition) is 5. The van der Waals surface area contributed by atoms with Crippen LogP contribution in [-0.2, 0) is 18.3 Å². The lowest BCUT2D eigenvalue weighted by atomic mass is 9.92. The summed E-state index contributed by atoms with van der Waals surface area (Å²) in [5.41, 5.74) is 0.0131. The third kappa shape index (κ3) is 3.35. The van der Waals surface area contributed by atoms with Crippen LogP contribution < -0.4 is 16.1 Å². The van der Waals surface area contributed by atoms with Gasteiger partial charge in [0.05, 0.1) is 6.61 Å². The number of piperidine rings is 1. The van der Waals surface area contributed by atoms with Gasteiger partial charge in [0.15, 0.2) is 11.2 Å². The number of ether oxygens (including phenoxy) is 1. The maximum atomic E-state index is 12.4. The fraction of sp³-hybridized carbons (Fsp3) is 0.706. The molecule has 3 heterocycles. The molecular weight excluding hydrogens is 322 g/mol. The van der Waals surface area contributed by atoms with Crippen molar-refractivity contribution in [2.45, 2.75) is 33.7 Å². The number of H-pyrrole nitrogens is 1. The molecule has 0 aliphatic carbocycles. The van der Waals surface area contributed by atoms with Gasteiger partial charge >= 0.3 is 5.69 Å². The molecule has 0 spiro atoms. The first kappa shape index (κ1) is 17.7. The number of nitrogens with zero attached hydrogens (tertiary/aromatic N) is 4. The number of aromatic amines is 1. The molecule has 2 aromatic heterocycles. The first-order valence-electron chi connectivity index (χ1n) is 8.94. The van der Waals surface area contributed by atoms with Crippen LogP contribution >= 0.6 is 0 Å². The molecular formula is C17H27N5O3. The Morgan fingerprint density at radius 2 is 1.92 bits per heavy atom. The molecule has 1 saturated heterocycles. The van der Waals surface area contributed by atoms with Crippen LogP contribution in [-0.4, -0.2) is 45.4 Å². The van der Waals surface area contributed by atoms with Crippen LogP contribution in [0.2, 0.25) is 0 Å². The molecule has 1 fully saturated rings. The lowest BCUT2D eigenvalue weighted by Crippen LogP contribution is -2.40. The minimum absolute atomic E-state index is 0.397. The van der Waals surface area contributed by atoms with Crippen LogP contribution in [0.5, 0.6) is 0 Å². The number of rotatable bonds is 5. The van der Waals surface area contributed by atoms with Gasteiger partial charge in [0.25, 0.3) is 5.56 Å². The number of hydrogen-bond donors (Lipinski definition) is 1. The van der Waals surface area contributed by atoms with Gasteiger partial charge in [0, 0.05) is 33.3 Å². The average Bonchev–Trinajstić information content (AvgIpc) is 2.92. The molecule has 8 heteroatoms. The largest absolute Gasteiger partial charge is 0.380 e. The Kier molecular flexibility index (Phi) is 4.99. The summed E-state index contributed by atoms with van der Waals surface area (Å²) in [5.74, 6) is 1.87. The second-order valence-electron chi connectivity index (χ2n) is 7.10. The second-order valence-corrected chi connectivity index (χ2v) is 7.10. The molecule has 1 N–H and O–H groups in total. The molecule has 0 unspecified atom stereocenters. The van der Waals surface area contributed by atoms with E-state index < -0.39 is 11.2 Å². The van der Waals surface area contributed by atoms with Crippen molar-refractivity contribution in [3.8, 4) is 0 Å². The Bertz CT molecular complexity index is 856. The minimum Gasteiger partial charge on any atom is -0.380 e. The van der Waals surface area contributed by atoms with E-state index in [-0.39, 0.29) is 0 Å². The van der Waals surface area contributed by atoms with E-state index in [2.05, 4.69) is 28.7 Å². The highest BCUT2D eigenvalue weighted by molar-refractivity contribution is 5.74. The van der Waals surface area contributed by atoms with Crippen LogP contribution in [0.25, 0.3) is 11.2 Å². The van der Waals surface area contributed by atoms with Crippen LogP contribution in [0.15, 0.2) is 9.59 Å². The lowest BCUT2D eigenvalue weighted by molar-refractivity contribution is 0.140. The maximum absolute atomic E-state index is 12.4. The molecule has 0 amide bonds.